The number of nitrogens with zero attached hydrogens (tertiary/aromatic N) is 2. The van der Waals surface area contributed by atoms with Crippen molar-refractivity contribution in [3.8, 4) is 0 Å². The number of halogens is 2. The number of anilines is 1. The quantitative estimate of drug-likeness (QED) is 0.703. The first-order valence-electron chi connectivity index (χ1n) is 4.14. The average molecular weight is 214 g/mol. The Balaban J connectivity index is 2.34. The first-order valence-corrected chi connectivity index (χ1v) is 4.91. The lowest BCUT2D eigenvalue weighted by Crippen LogP contribution is -2.25. The number of benzene rings is 1. The Morgan fingerprint density at radius 2 is 2.29 bits per heavy atom. The number of hydrogen-bond acceptors (Lipinski definition) is 3. The molecule has 5 heteroatoms. The normalized spacial score (nSPS) is 14.3. The largest absolute Gasteiger partial charge is 0.328 e. The van der Waals surface area contributed by atoms with Gasteiger partial charge in [-0.3, -0.25) is 0 Å². The van der Waals surface area contributed by atoms with Crippen LogP contribution in [0.4, 0.5) is 14.5 Å². The van der Waals surface area contributed by atoms with Crippen LogP contribution < -0.4 is 4.90 Å². The van der Waals surface area contributed by atoms with Gasteiger partial charge >= 0.3 is 0 Å². The molecule has 0 fully saturated rings. The van der Waals surface area contributed by atoms with Crippen molar-refractivity contribution < 1.29 is 8.78 Å². The predicted octanol–water partition coefficient (Wildman–Crippen LogP) is 2.65. The second-order valence-corrected chi connectivity index (χ2v) is 3.64. The second kappa shape index (κ2) is 3.96. The first-order chi connectivity index (χ1) is 6.81. The topological polar surface area (TPSA) is 15.6 Å². The number of fused-ring (bicyclic) bond motifs is 1. The third-order valence-electron chi connectivity index (χ3n) is 1.89. The molecule has 0 spiro atoms. The zero-order chi connectivity index (χ0) is 9.97. The van der Waals surface area contributed by atoms with Crippen molar-refractivity contribution in [1.29, 1.82) is 0 Å². The Morgan fingerprint density at radius 3 is 3.07 bits per heavy atom. The highest BCUT2D eigenvalue weighted by atomic mass is 32.2. The van der Waals surface area contributed by atoms with Crippen LogP contribution in [-0.2, 0) is 0 Å². The van der Waals surface area contributed by atoms with Crippen LogP contribution in [0.25, 0.3) is 0 Å². The van der Waals surface area contributed by atoms with Gasteiger partial charge in [-0.05, 0) is 18.2 Å². The summed E-state index contributed by atoms with van der Waals surface area (Å²) in [4.78, 5) is 2.40. The molecule has 0 amide bonds. The Bertz CT molecular complexity index is 368. The molecule has 0 atom stereocenters. The molecule has 2 nitrogen and oxygen atoms in total. The molecule has 0 aromatic heterocycles. The van der Waals surface area contributed by atoms with E-state index in [9.17, 15) is 8.78 Å². The molecule has 2 rings (SSSR count). The number of rotatable bonds is 2. The maximum Gasteiger partial charge on any atom is 0.124 e. The van der Waals surface area contributed by atoms with Gasteiger partial charge in [-0.15, -0.1) is 0 Å². The summed E-state index contributed by atoms with van der Waals surface area (Å²) < 4.78 is 29.0. The van der Waals surface area contributed by atoms with E-state index < -0.39 is 6.67 Å². The molecule has 1 heterocycles. The third-order valence-corrected chi connectivity index (χ3v) is 2.62. The summed E-state index contributed by atoms with van der Waals surface area (Å²) in [5.74, 6) is -0.298. The Labute approximate surface area is 84.8 Å². The van der Waals surface area contributed by atoms with Gasteiger partial charge in [-0.2, -0.15) is 0 Å². The highest BCUT2D eigenvalue weighted by Crippen LogP contribution is 2.34. The van der Waals surface area contributed by atoms with Gasteiger partial charge in [0, 0.05) is 11.9 Å². The summed E-state index contributed by atoms with van der Waals surface area (Å²) in [6, 6.07) is 4.41. The van der Waals surface area contributed by atoms with E-state index in [2.05, 4.69) is 4.40 Å². The van der Waals surface area contributed by atoms with Crippen molar-refractivity contribution in [3.63, 3.8) is 0 Å². The van der Waals surface area contributed by atoms with E-state index in [0.717, 1.165) is 10.6 Å². The van der Waals surface area contributed by atoms with E-state index >= 15 is 0 Å². The van der Waals surface area contributed by atoms with Crippen molar-refractivity contribution in [3.05, 3.63) is 24.0 Å². The molecule has 0 N–H and O–H groups in total. The fourth-order valence-corrected chi connectivity index (χ4v) is 1.99. The van der Waals surface area contributed by atoms with E-state index in [1.165, 1.54) is 24.1 Å². The summed E-state index contributed by atoms with van der Waals surface area (Å²) in [6.07, 6.45) is 1.56. The van der Waals surface area contributed by atoms with E-state index in [1.54, 1.807) is 17.3 Å². The van der Waals surface area contributed by atoms with Crippen LogP contribution in [0.1, 0.15) is 0 Å². The van der Waals surface area contributed by atoms with Gasteiger partial charge in [0.05, 0.1) is 17.1 Å². The smallest absolute Gasteiger partial charge is 0.124 e. The molecule has 1 aromatic carbocycles. The Hall–Kier alpha value is -1.10. The molecule has 1 aliphatic heterocycles. The van der Waals surface area contributed by atoms with Crippen LogP contribution in [-0.4, -0.2) is 19.6 Å². The third kappa shape index (κ3) is 1.72. The molecular weight excluding hydrogens is 206 g/mol. The second-order valence-electron chi connectivity index (χ2n) is 2.81. The molecular formula is C9H8F2N2S. The van der Waals surface area contributed by atoms with Crippen LogP contribution in [0.3, 0.4) is 0 Å². The van der Waals surface area contributed by atoms with Crippen molar-refractivity contribution in [1.82, 2.24) is 0 Å². The standard InChI is InChI=1S/C9H8F2N2S/c10-3-4-13-6-12-14-9-5-7(11)1-2-8(9)13/h1-2,5-6H,3-4H2. The van der Waals surface area contributed by atoms with Gasteiger partial charge < -0.3 is 4.90 Å². The molecule has 1 aromatic rings. The fraction of sp³-hybridized carbons (Fsp3) is 0.222. The van der Waals surface area contributed by atoms with Gasteiger partial charge in [0.25, 0.3) is 0 Å². The molecule has 0 radical (unpaired) electrons. The van der Waals surface area contributed by atoms with Gasteiger partial charge in [0.15, 0.2) is 0 Å². The minimum Gasteiger partial charge on any atom is -0.328 e. The molecule has 0 saturated carbocycles. The van der Waals surface area contributed by atoms with Crippen molar-refractivity contribution in [2.75, 3.05) is 18.1 Å². The molecule has 0 aliphatic carbocycles. The zero-order valence-electron chi connectivity index (χ0n) is 7.28. The zero-order valence-corrected chi connectivity index (χ0v) is 8.10. The highest BCUT2D eigenvalue weighted by molar-refractivity contribution is 7.98. The van der Waals surface area contributed by atoms with Crippen molar-refractivity contribution >= 4 is 24.0 Å². The summed E-state index contributed by atoms with van der Waals surface area (Å²) in [7, 11) is 0. The lowest BCUT2D eigenvalue weighted by Gasteiger charge is -2.23. The maximum absolute atomic E-state index is 12.8. The van der Waals surface area contributed by atoms with Crippen molar-refractivity contribution in [2.24, 2.45) is 4.40 Å². The summed E-state index contributed by atoms with van der Waals surface area (Å²) in [5, 5.41) is 0. The molecule has 14 heavy (non-hydrogen) atoms. The van der Waals surface area contributed by atoms with Crippen molar-refractivity contribution in [2.45, 2.75) is 4.90 Å². The molecule has 0 unspecified atom stereocenters. The molecule has 0 bridgehead atoms. The van der Waals surface area contributed by atoms with Crippen LogP contribution in [0.5, 0.6) is 0 Å². The minimum atomic E-state index is -0.451. The molecule has 1 aliphatic rings. The monoisotopic (exact) mass is 214 g/mol. The average Bonchev–Trinajstić information content (AvgIpc) is 2.18. The summed E-state index contributed by atoms with van der Waals surface area (Å²) >= 11 is 1.20. The predicted molar refractivity (Wildman–Crippen MR) is 54.1 cm³/mol. The summed E-state index contributed by atoms with van der Waals surface area (Å²) in [6.45, 7) is -0.198. The lowest BCUT2D eigenvalue weighted by atomic mass is 10.3. The van der Waals surface area contributed by atoms with Crippen LogP contribution >= 0.6 is 11.9 Å². The Morgan fingerprint density at radius 1 is 1.43 bits per heavy atom. The minimum absolute atomic E-state index is 0.253. The van der Waals surface area contributed by atoms with Gasteiger partial charge in [0.2, 0.25) is 0 Å². The number of alkyl halides is 1. The Kier molecular flexibility index (Phi) is 2.67. The SMILES string of the molecule is FCCN1C=NSc2cc(F)ccc21. The molecule has 0 saturated heterocycles. The number of hydrogen-bond donors (Lipinski definition) is 0. The van der Waals surface area contributed by atoms with Crippen LogP contribution in [0.15, 0.2) is 27.5 Å². The van der Waals surface area contributed by atoms with Crippen LogP contribution in [0.2, 0.25) is 0 Å². The van der Waals surface area contributed by atoms with Gasteiger partial charge in [-0.1, -0.05) is 0 Å². The van der Waals surface area contributed by atoms with E-state index in [-0.39, 0.29) is 12.4 Å². The lowest BCUT2D eigenvalue weighted by molar-refractivity contribution is 0.503. The van der Waals surface area contributed by atoms with Crippen LogP contribution in [0, 0.1) is 5.82 Å². The summed E-state index contributed by atoms with van der Waals surface area (Å²) in [5.41, 5.74) is 0.809. The fourth-order valence-electron chi connectivity index (χ4n) is 1.27. The maximum atomic E-state index is 12.8. The molecule has 74 valence electrons. The van der Waals surface area contributed by atoms with E-state index in [1.807, 2.05) is 0 Å². The van der Waals surface area contributed by atoms with Gasteiger partial charge in [0.1, 0.15) is 18.8 Å². The first kappa shape index (κ1) is 9.45. The van der Waals surface area contributed by atoms with E-state index in [4.69, 9.17) is 0 Å². The highest BCUT2D eigenvalue weighted by Gasteiger charge is 2.14. The van der Waals surface area contributed by atoms with E-state index in [0.29, 0.717) is 0 Å². The van der Waals surface area contributed by atoms with Gasteiger partial charge in [-0.25, -0.2) is 13.2 Å².